The zero-order chi connectivity index (χ0) is 51.8. The molecular formula is C59H60N6O4P2S3. The number of carbonyl (C=O) groups excluding carboxylic acids is 2. The Bertz CT molecular complexity index is 2850. The average molecular weight is 1080 g/mol. The second kappa shape index (κ2) is 29.3. The molecule has 10 nitrogen and oxygen atoms in total. The fourth-order valence-corrected chi connectivity index (χ4v) is 14.6. The van der Waals surface area contributed by atoms with Gasteiger partial charge in [-0.05, 0) is 84.0 Å². The first-order chi connectivity index (χ1) is 36.2. The number of benzene rings is 7. The van der Waals surface area contributed by atoms with Crippen LogP contribution in [-0.2, 0) is 30.2 Å². The molecule has 0 saturated carbocycles. The highest BCUT2D eigenvalue weighted by atomic mass is 32.2. The summed E-state index contributed by atoms with van der Waals surface area (Å²) in [6, 6.07) is 70.1. The van der Waals surface area contributed by atoms with E-state index in [4.69, 9.17) is 16.7 Å². The number of rotatable bonds is 17. The van der Waals surface area contributed by atoms with Crippen molar-refractivity contribution in [3.63, 3.8) is 0 Å². The van der Waals surface area contributed by atoms with Crippen LogP contribution in [0.25, 0.3) is 0 Å². The number of hydrogen-bond donors (Lipinski definition) is 2. The average Bonchev–Trinajstić information content (AvgIpc) is 4.05. The van der Waals surface area contributed by atoms with Crippen molar-refractivity contribution in [3.8, 4) is 0 Å². The van der Waals surface area contributed by atoms with Gasteiger partial charge < -0.3 is 33.8 Å². The molecule has 0 unspecified atom stereocenters. The number of thioether (sulfide) groups is 2. The fourth-order valence-electron chi connectivity index (χ4n) is 7.89. The molecule has 0 spiro atoms. The van der Waals surface area contributed by atoms with E-state index in [1.165, 1.54) is 41.0 Å². The van der Waals surface area contributed by atoms with Crippen molar-refractivity contribution in [1.82, 2.24) is 5.32 Å². The van der Waals surface area contributed by atoms with Crippen LogP contribution in [0.5, 0.6) is 0 Å². The van der Waals surface area contributed by atoms with E-state index in [9.17, 15) is 14.2 Å². The Hall–Kier alpha value is -6.65. The van der Waals surface area contributed by atoms with Gasteiger partial charge in [-0.25, -0.2) is 0 Å². The minimum Gasteiger partial charge on any atom is -0.360 e. The molecule has 2 aliphatic heterocycles. The summed E-state index contributed by atoms with van der Waals surface area (Å²) in [5.74, 6) is 1.31. The lowest BCUT2D eigenvalue weighted by Crippen LogP contribution is -2.31. The van der Waals surface area contributed by atoms with Gasteiger partial charge in [-0.3, -0.25) is 14.2 Å². The van der Waals surface area contributed by atoms with E-state index in [1.807, 2.05) is 173 Å². The lowest BCUT2D eigenvalue weighted by Gasteiger charge is -2.33. The summed E-state index contributed by atoms with van der Waals surface area (Å²) in [6.07, 6.45) is 1.44. The second-order valence-corrected chi connectivity index (χ2v) is 23.4. The van der Waals surface area contributed by atoms with E-state index in [0.717, 1.165) is 41.3 Å². The van der Waals surface area contributed by atoms with Gasteiger partial charge in [0.25, 0.3) is 7.44 Å². The SMILES string of the molecule is C=C(CC(=O)SCc1ccccc1)P1(=O)N(c2ccccc2)CCN1c1ccccc1.C=C=CC(=O)SCc1ccccc1.S=C(NCCOP1N(c2ccccc2)CCN1c1ccccc1)Nc1ccccc1. The Labute approximate surface area is 451 Å². The predicted octanol–water partition coefficient (Wildman–Crippen LogP) is 14.6. The van der Waals surface area contributed by atoms with Crippen LogP contribution < -0.4 is 29.3 Å². The van der Waals surface area contributed by atoms with Gasteiger partial charge in [0.05, 0.1) is 6.61 Å². The number of allylic oxidation sites excluding steroid dienone is 1. The molecule has 0 atom stereocenters. The van der Waals surface area contributed by atoms with Crippen molar-refractivity contribution in [2.24, 2.45) is 0 Å². The quantitative estimate of drug-likeness (QED) is 0.0298. The molecule has 9 rings (SSSR count). The summed E-state index contributed by atoms with van der Waals surface area (Å²) < 4.78 is 29.6. The summed E-state index contributed by atoms with van der Waals surface area (Å²) in [4.78, 5) is 23.8. The maximum absolute atomic E-state index is 14.6. The van der Waals surface area contributed by atoms with Gasteiger partial charge in [0.2, 0.25) is 13.6 Å². The molecule has 378 valence electrons. The Morgan fingerprint density at radius 1 is 0.608 bits per heavy atom. The summed E-state index contributed by atoms with van der Waals surface area (Å²) in [6.45, 7) is 11.8. The first kappa shape index (κ1) is 55.1. The van der Waals surface area contributed by atoms with Crippen LogP contribution >= 0.6 is 51.6 Å². The van der Waals surface area contributed by atoms with Crippen molar-refractivity contribution in [2.45, 2.75) is 17.9 Å². The highest BCUT2D eigenvalue weighted by molar-refractivity contribution is 8.13. The number of carbonyl (C=O) groups is 2. The Morgan fingerprint density at radius 3 is 1.46 bits per heavy atom. The van der Waals surface area contributed by atoms with Gasteiger partial charge in [0.1, 0.15) is 0 Å². The van der Waals surface area contributed by atoms with E-state index in [1.54, 1.807) is 0 Å². The van der Waals surface area contributed by atoms with Crippen LogP contribution in [0.4, 0.5) is 28.4 Å². The molecule has 2 fully saturated rings. The molecule has 2 aliphatic rings. The minimum atomic E-state index is -3.24. The maximum Gasteiger partial charge on any atom is 0.288 e. The van der Waals surface area contributed by atoms with Gasteiger partial charge in [-0.15, -0.1) is 5.73 Å². The summed E-state index contributed by atoms with van der Waals surface area (Å²) in [5.41, 5.74) is 9.83. The number of nitrogens with zero attached hydrogens (tertiary/aromatic N) is 4. The van der Waals surface area contributed by atoms with Crippen LogP contribution in [0.15, 0.2) is 243 Å². The lowest BCUT2D eigenvalue weighted by molar-refractivity contribution is -0.110. The van der Waals surface area contributed by atoms with Gasteiger partial charge in [0, 0.05) is 90.5 Å². The molecule has 0 radical (unpaired) electrons. The molecule has 15 heteroatoms. The molecule has 74 heavy (non-hydrogen) atoms. The van der Waals surface area contributed by atoms with Crippen LogP contribution in [0.3, 0.4) is 0 Å². The van der Waals surface area contributed by atoms with Crippen molar-refractivity contribution in [2.75, 3.05) is 63.3 Å². The molecular weight excluding hydrogens is 1010 g/mol. The van der Waals surface area contributed by atoms with Gasteiger partial charge in [-0.2, -0.15) is 0 Å². The van der Waals surface area contributed by atoms with Crippen LogP contribution in [0, 0.1) is 0 Å². The normalized spacial score (nSPS) is 13.6. The molecule has 2 saturated heterocycles. The number of anilines is 5. The van der Waals surface area contributed by atoms with Crippen molar-refractivity contribution < 1.29 is 18.7 Å². The third-order valence-electron chi connectivity index (χ3n) is 11.4. The second-order valence-electron chi connectivity index (χ2n) is 16.5. The third-order valence-corrected chi connectivity index (χ3v) is 18.7. The Kier molecular flexibility index (Phi) is 21.8. The van der Waals surface area contributed by atoms with Gasteiger partial charge in [0.15, 0.2) is 10.2 Å². The summed E-state index contributed by atoms with van der Waals surface area (Å²) in [7, 11) is -4.18. The highest BCUT2D eigenvalue weighted by Crippen LogP contribution is 2.66. The smallest absolute Gasteiger partial charge is 0.288 e. The molecule has 7 aromatic rings. The minimum absolute atomic E-state index is 0.00106. The molecule has 0 bridgehead atoms. The first-order valence-corrected chi connectivity index (χ1v) is 29.3. The van der Waals surface area contributed by atoms with Gasteiger partial charge >= 0.3 is 0 Å². The monoisotopic (exact) mass is 1070 g/mol. The lowest BCUT2D eigenvalue weighted by atomic mass is 10.2. The largest absolute Gasteiger partial charge is 0.360 e. The highest BCUT2D eigenvalue weighted by Gasteiger charge is 2.46. The maximum atomic E-state index is 14.6. The number of para-hydroxylation sites is 5. The van der Waals surface area contributed by atoms with Crippen LogP contribution in [-0.4, -0.2) is 54.7 Å². The van der Waals surface area contributed by atoms with Crippen LogP contribution in [0.1, 0.15) is 17.5 Å². The van der Waals surface area contributed by atoms with E-state index in [2.05, 4.69) is 87.4 Å². The summed E-state index contributed by atoms with van der Waals surface area (Å²) in [5, 5.41) is 7.48. The van der Waals surface area contributed by atoms with E-state index in [0.29, 0.717) is 48.2 Å². The molecule has 0 amide bonds. The molecule has 7 aromatic carbocycles. The molecule has 0 aromatic heterocycles. The fraction of sp³-hybridized carbons (Fsp3) is 0.153. The Morgan fingerprint density at radius 2 is 1.01 bits per heavy atom. The van der Waals surface area contributed by atoms with Crippen molar-refractivity contribution in [1.29, 1.82) is 0 Å². The number of hydrogen-bond acceptors (Lipinski definition) is 9. The zero-order valence-electron chi connectivity index (χ0n) is 41.1. The van der Waals surface area contributed by atoms with Crippen molar-refractivity contribution in [3.05, 3.63) is 254 Å². The van der Waals surface area contributed by atoms with E-state index in [-0.39, 0.29) is 16.7 Å². The summed E-state index contributed by atoms with van der Waals surface area (Å²) >= 11 is 7.90. The third kappa shape index (κ3) is 16.2. The predicted molar refractivity (Wildman–Crippen MR) is 319 cm³/mol. The Balaban J connectivity index is 0.000000175. The van der Waals surface area contributed by atoms with Gasteiger partial charge in [-0.1, -0.05) is 188 Å². The van der Waals surface area contributed by atoms with Crippen LogP contribution in [0.2, 0.25) is 0 Å². The zero-order valence-corrected chi connectivity index (χ0v) is 45.3. The number of thiocarbonyl (C=S) groups is 1. The standard InChI is InChI=1S/C25H25N2O2PS.C23H25N4OPS.C11H10OS/c1-21(19-25(28)31-20-22-11-5-2-6-12-22)30(29)26(23-13-7-3-8-14-23)17-18-27(30)24-15-9-4-10-16-24;30-23(25-20-10-4-1-5-11-20)24-16-19-28-29-26(21-12-6-2-7-13-21)17-18-27(29)22-14-8-3-9-15-22;1-2-6-11(12)13-9-10-7-4-3-5-8-10/h2-16H,1,17-20H2;1-15H,16-19H2,(H2,24,25,30);3-8H,1,9H2. The first-order valence-electron chi connectivity index (χ1n) is 24.1. The molecule has 2 N–H and O–H groups in total. The van der Waals surface area contributed by atoms with Crippen molar-refractivity contribution >= 4 is 95.4 Å². The molecule has 2 heterocycles. The number of nitrogens with one attached hydrogen (secondary N) is 2. The van der Waals surface area contributed by atoms with E-state index >= 15 is 0 Å². The molecule has 0 aliphatic carbocycles. The topological polar surface area (TPSA) is 97.5 Å². The van der Waals surface area contributed by atoms with E-state index < -0.39 is 15.9 Å².